The van der Waals surface area contributed by atoms with Gasteiger partial charge in [-0.1, -0.05) is 6.07 Å². The van der Waals surface area contributed by atoms with Gasteiger partial charge in [-0.2, -0.15) is 0 Å². The number of pyridine rings is 1. The first-order valence-corrected chi connectivity index (χ1v) is 6.43. The number of hydrogen-bond acceptors (Lipinski definition) is 3. The molecule has 0 radical (unpaired) electrons. The summed E-state index contributed by atoms with van der Waals surface area (Å²) in [6.07, 6.45) is 4.05. The third-order valence-corrected chi connectivity index (χ3v) is 3.43. The molecule has 1 aliphatic rings. The van der Waals surface area contributed by atoms with Crippen LogP contribution in [0, 0.1) is 5.92 Å². The molecule has 3 rings (SSSR count). The molecule has 2 heterocycles. The zero-order valence-electron chi connectivity index (χ0n) is 10.8. The lowest BCUT2D eigenvalue weighted by molar-refractivity contribution is -0.131. The standard InChI is InChI=1S/C13H16N4O2/c1-15(8-10-5-6-10)12(18)9-17-13(19)16-7-3-2-4-11(16)14-17/h2-4,7,10H,5-6,8-9H2,1H3. The van der Waals surface area contributed by atoms with E-state index in [9.17, 15) is 9.59 Å². The summed E-state index contributed by atoms with van der Waals surface area (Å²) in [6.45, 7) is 0.782. The second kappa shape index (κ2) is 4.53. The predicted molar refractivity (Wildman–Crippen MR) is 69.8 cm³/mol. The minimum absolute atomic E-state index is 0.00370. The molecule has 1 saturated carbocycles. The molecule has 0 unspecified atom stereocenters. The number of carbonyl (C=O) groups excluding carboxylic acids is 1. The van der Waals surface area contributed by atoms with Crippen LogP contribution in [0.3, 0.4) is 0 Å². The van der Waals surface area contributed by atoms with Crippen LogP contribution in [0.15, 0.2) is 29.2 Å². The number of amides is 1. The Kier molecular flexibility index (Phi) is 2.85. The number of rotatable bonds is 4. The SMILES string of the molecule is CN(CC1CC1)C(=O)Cn1nc2ccccn2c1=O. The summed E-state index contributed by atoms with van der Waals surface area (Å²) >= 11 is 0. The van der Waals surface area contributed by atoms with Crippen molar-refractivity contribution in [2.24, 2.45) is 5.92 Å². The number of nitrogens with zero attached hydrogens (tertiary/aromatic N) is 4. The third-order valence-electron chi connectivity index (χ3n) is 3.43. The summed E-state index contributed by atoms with van der Waals surface area (Å²) in [5.41, 5.74) is 0.286. The van der Waals surface area contributed by atoms with Crippen LogP contribution in [0.5, 0.6) is 0 Å². The van der Waals surface area contributed by atoms with Gasteiger partial charge in [0.1, 0.15) is 6.54 Å². The lowest BCUT2D eigenvalue weighted by Crippen LogP contribution is -2.35. The maximum absolute atomic E-state index is 12.0. The summed E-state index contributed by atoms with van der Waals surface area (Å²) in [6, 6.07) is 5.32. The van der Waals surface area contributed by atoms with Crippen LogP contribution in [0.25, 0.3) is 5.65 Å². The Hall–Kier alpha value is -2.11. The minimum atomic E-state index is -0.274. The Balaban J connectivity index is 1.78. The van der Waals surface area contributed by atoms with Crippen molar-refractivity contribution in [2.75, 3.05) is 13.6 Å². The molecule has 0 atom stereocenters. The van der Waals surface area contributed by atoms with Gasteiger partial charge >= 0.3 is 5.69 Å². The van der Waals surface area contributed by atoms with Crippen molar-refractivity contribution in [1.29, 1.82) is 0 Å². The highest BCUT2D eigenvalue weighted by molar-refractivity contribution is 5.75. The molecule has 1 amide bonds. The van der Waals surface area contributed by atoms with E-state index in [-0.39, 0.29) is 18.1 Å². The highest BCUT2D eigenvalue weighted by Crippen LogP contribution is 2.29. The highest BCUT2D eigenvalue weighted by atomic mass is 16.2. The van der Waals surface area contributed by atoms with Gasteiger partial charge in [0.05, 0.1) is 0 Å². The zero-order valence-corrected chi connectivity index (χ0v) is 10.8. The van der Waals surface area contributed by atoms with E-state index >= 15 is 0 Å². The maximum Gasteiger partial charge on any atom is 0.350 e. The molecule has 2 aromatic rings. The van der Waals surface area contributed by atoms with Crippen LogP contribution >= 0.6 is 0 Å². The van der Waals surface area contributed by atoms with Gasteiger partial charge in [-0.3, -0.25) is 9.20 Å². The van der Waals surface area contributed by atoms with Crippen LogP contribution in [0.4, 0.5) is 0 Å². The molecular formula is C13H16N4O2. The fourth-order valence-corrected chi connectivity index (χ4v) is 2.11. The first-order valence-electron chi connectivity index (χ1n) is 6.43. The Morgan fingerprint density at radius 1 is 1.47 bits per heavy atom. The van der Waals surface area contributed by atoms with Gasteiger partial charge in [0.15, 0.2) is 5.65 Å². The molecule has 0 aromatic carbocycles. The molecule has 6 heteroatoms. The van der Waals surface area contributed by atoms with Gasteiger partial charge in [0.25, 0.3) is 0 Å². The Labute approximate surface area is 110 Å². The summed E-state index contributed by atoms with van der Waals surface area (Å²) in [7, 11) is 1.78. The number of aromatic nitrogens is 3. The van der Waals surface area contributed by atoms with E-state index in [2.05, 4.69) is 5.10 Å². The molecule has 0 bridgehead atoms. The third kappa shape index (κ3) is 2.38. The maximum atomic E-state index is 12.0. The molecule has 0 saturated heterocycles. The number of likely N-dealkylation sites (N-methyl/N-ethyl adjacent to an activating group) is 1. The van der Waals surface area contributed by atoms with E-state index in [1.54, 1.807) is 30.3 Å². The average molecular weight is 260 g/mol. The summed E-state index contributed by atoms with van der Waals surface area (Å²) in [5.74, 6) is 0.573. The molecule has 100 valence electrons. The van der Waals surface area contributed by atoms with Gasteiger partial charge in [-0.05, 0) is 30.9 Å². The van der Waals surface area contributed by atoms with Gasteiger partial charge in [0, 0.05) is 19.8 Å². The Morgan fingerprint density at radius 3 is 2.95 bits per heavy atom. The van der Waals surface area contributed by atoms with E-state index in [1.807, 2.05) is 6.07 Å². The van der Waals surface area contributed by atoms with Gasteiger partial charge in [-0.15, -0.1) is 5.10 Å². The lowest BCUT2D eigenvalue weighted by atomic mass is 10.4. The van der Waals surface area contributed by atoms with Crippen molar-refractivity contribution in [3.8, 4) is 0 Å². The van der Waals surface area contributed by atoms with E-state index < -0.39 is 0 Å². The second-order valence-corrected chi connectivity index (χ2v) is 5.09. The van der Waals surface area contributed by atoms with Crippen molar-refractivity contribution in [1.82, 2.24) is 19.1 Å². The molecule has 19 heavy (non-hydrogen) atoms. The first kappa shape index (κ1) is 12.0. The second-order valence-electron chi connectivity index (χ2n) is 5.09. The van der Waals surface area contributed by atoms with Crippen molar-refractivity contribution in [3.05, 3.63) is 34.9 Å². The topological polar surface area (TPSA) is 59.6 Å². The molecule has 0 N–H and O–H groups in total. The Morgan fingerprint density at radius 2 is 2.26 bits per heavy atom. The van der Waals surface area contributed by atoms with Crippen LogP contribution in [0.2, 0.25) is 0 Å². The minimum Gasteiger partial charge on any atom is -0.344 e. The first-order chi connectivity index (χ1) is 9.15. The fraction of sp³-hybridized carbons (Fsp3) is 0.462. The van der Waals surface area contributed by atoms with E-state index in [0.717, 1.165) is 6.54 Å². The number of carbonyl (C=O) groups is 1. The van der Waals surface area contributed by atoms with Crippen LogP contribution in [0.1, 0.15) is 12.8 Å². The van der Waals surface area contributed by atoms with Crippen molar-refractivity contribution >= 4 is 11.6 Å². The van der Waals surface area contributed by atoms with Crippen molar-refractivity contribution in [3.63, 3.8) is 0 Å². The van der Waals surface area contributed by atoms with Crippen LogP contribution in [-0.4, -0.2) is 38.6 Å². The molecule has 1 aliphatic carbocycles. The summed E-state index contributed by atoms with van der Waals surface area (Å²) in [4.78, 5) is 25.7. The van der Waals surface area contributed by atoms with Crippen LogP contribution in [-0.2, 0) is 11.3 Å². The monoisotopic (exact) mass is 260 g/mol. The molecule has 6 nitrogen and oxygen atoms in total. The lowest BCUT2D eigenvalue weighted by Gasteiger charge is -2.15. The average Bonchev–Trinajstić information content (AvgIpc) is 3.16. The van der Waals surface area contributed by atoms with Gasteiger partial charge in [-0.25, -0.2) is 9.48 Å². The van der Waals surface area contributed by atoms with Crippen LogP contribution < -0.4 is 5.69 Å². The molecule has 1 fully saturated rings. The smallest absolute Gasteiger partial charge is 0.344 e. The fourth-order valence-electron chi connectivity index (χ4n) is 2.11. The predicted octanol–water partition coefficient (Wildman–Crippen LogP) is 0.364. The van der Waals surface area contributed by atoms with E-state index in [0.29, 0.717) is 11.6 Å². The van der Waals surface area contributed by atoms with Crippen molar-refractivity contribution < 1.29 is 4.79 Å². The highest BCUT2D eigenvalue weighted by Gasteiger charge is 2.25. The summed E-state index contributed by atoms with van der Waals surface area (Å²) < 4.78 is 2.66. The largest absolute Gasteiger partial charge is 0.350 e. The van der Waals surface area contributed by atoms with E-state index in [4.69, 9.17) is 0 Å². The van der Waals surface area contributed by atoms with Gasteiger partial charge in [0.2, 0.25) is 5.91 Å². The number of fused-ring (bicyclic) bond motifs is 1. The zero-order chi connectivity index (χ0) is 13.4. The van der Waals surface area contributed by atoms with Gasteiger partial charge < -0.3 is 4.90 Å². The Bertz CT molecular complexity index is 669. The molecule has 2 aromatic heterocycles. The van der Waals surface area contributed by atoms with E-state index in [1.165, 1.54) is 21.9 Å². The van der Waals surface area contributed by atoms with Crippen molar-refractivity contribution in [2.45, 2.75) is 19.4 Å². The molecule has 0 spiro atoms. The quantitative estimate of drug-likeness (QED) is 0.797. The molecular weight excluding hydrogens is 244 g/mol. The molecule has 0 aliphatic heterocycles. The number of hydrogen-bond donors (Lipinski definition) is 0. The summed E-state index contributed by atoms with van der Waals surface area (Å²) in [5, 5.41) is 4.15. The normalized spacial score (nSPS) is 14.8.